The molecular weight excluding hydrogens is 531 g/mol. The highest BCUT2D eigenvalue weighted by Crippen LogP contribution is 2.50. The predicted molar refractivity (Wildman–Crippen MR) is 171 cm³/mol. The van der Waals surface area contributed by atoms with E-state index in [2.05, 4.69) is 62.4 Å². The van der Waals surface area contributed by atoms with Gasteiger partial charge in [0.25, 0.3) is 0 Å². The second kappa shape index (κ2) is 9.12. The van der Waals surface area contributed by atoms with Gasteiger partial charge in [-0.05, 0) is 63.9 Å². The van der Waals surface area contributed by atoms with E-state index in [0.717, 1.165) is 38.7 Å². The molecule has 0 saturated heterocycles. The molecule has 1 aliphatic rings. The lowest BCUT2D eigenvalue weighted by Gasteiger charge is -2.22. The molecule has 0 radical (unpaired) electrons. The lowest BCUT2D eigenvalue weighted by molar-refractivity contribution is -0.661. The summed E-state index contributed by atoms with van der Waals surface area (Å²) in [5, 5.41) is 11.8. The first-order valence-electron chi connectivity index (χ1n) is 14.8. The fourth-order valence-electron chi connectivity index (χ4n) is 6.98. The lowest BCUT2D eigenvalue weighted by Crippen LogP contribution is -2.34. The largest absolute Gasteiger partial charge is 0.454 e. The quantitative estimate of drug-likeness (QED) is 0.196. The predicted octanol–water partition coefficient (Wildman–Crippen LogP) is 9.67. The second-order valence-electron chi connectivity index (χ2n) is 13.4. The summed E-state index contributed by atoms with van der Waals surface area (Å²) in [5.41, 5.74) is 11.7. The van der Waals surface area contributed by atoms with Crippen LogP contribution in [0.1, 0.15) is 62.4 Å². The third-order valence-electron chi connectivity index (χ3n) is 9.30. The highest BCUT2D eigenvalue weighted by molar-refractivity contribution is 6.15. The molecule has 212 valence electrons. The number of hydrogen-bond donors (Lipinski definition) is 0. The zero-order chi connectivity index (χ0) is 30.4. The van der Waals surface area contributed by atoms with E-state index < -0.39 is 0 Å². The summed E-state index contributed by atoms with van der Waals surface area (Å²) in [6.45, 7) is 12.6. The Kier molecular flexibility index (Phi) is 5.75. The average molecular weight is 566 g/mol. The van der Waals surface area contributed by atoms with Gasteiger partial charge >= 0.3 is 0 Å². The molecule has 43 heavy (non-hydrogen) atoms. The van der Waals surface area contributed by atoms with Crippen LogP contribution in [0.15, 0.2) is 83.4 Å². The summed E-state index contributed by atoms with van der Waals surface area (Å²) in [4.78, 5) is 0. The van der Waals surface area contributed by atoms with Gasteiger partial charge in [0.15, 0.2) is 6.20 Å². The van der Waals surface area contributed by atoms with E-state index in [-0.39, 0.29) is 16.6 Å². The van der Waals surface area contributed by atoms with Crippen LogP contribution in [0.5, 0.6) is 0 Å². The van der Waals surface area contributed by atoms with Gasteiger partial charge in [0.05, 0.1) is 22.8 Å². The van der Waals surface area contributed by atoms with Crippen molar-refractivity contribution < 1.29 is 13.4 Å². The number of hydrogen-bond acceptors (Lipinski definition) is 2. The first-order chi connectivity index (χ1) is 20.4. The molecule has 0 bridgehead atoms. The minimum absolute atomic E-state index is 0.135. The Balaban J connectivity index is 1.49. The molecule has 0 saturated carbocycles. The molecule has 0 amide bonds. The monoisotopic (exact) mass is 565 g/mol. The van der Waals surface area contributed by atoms with Crippen LogP contribution in [0.25, 0.3) is 55.4 Å². The summed E-state index contributed by atoms with van der Waals surface area (Å²) in [6.07, 6.45) is 1.88. The number of benzene rings is 4. The number of aromatic nitrogens is 1. The second-order valence-corrected chi connectivity index (χ2v) is 13.4. The van der Waals surface area contributed by atoms with Crippen molar-refractivity contribution in [2.24, 2.45) is 7.05 Å². The minimum Gasteiger partial charge on any atom is -0.454 e. The minimum atomic E-state index is -0.330. The molecule has 4 heteroatoms. The molecule has 2 heterocycles. The van der Waals surface area contributed by atoms with Crippen LogP contribution in [-0.4, -0.2) is 0 Å². The molecule has 0 atom stereocenters. The number of nitriles is 1. The Bertz CT molecular complexity index is 2190. The number of rotatable bonds is 2. The number of furan rings is 1. The number of nitrogens with zero attached hydrogens (tertiary/aromatic N) is 2. The molecule has 0 fully saturated rings. The molecule has 2 aromatic heterocycles. The zero-order valence-corrected chi connectivity index (χ0v) is 25.7. The molecule has 7 rings (SSSR count). The van der Waals surface area contributed by atoms with Crippen molar-refractivity contribution in [1.82, 2.24) is 0 Å². The molecule has 0 N–H and O–H groups in total. The van der Waals surface area contributed by atoms with Gasteiger partial charge in [-0.15, -0.1) is 0 Å². The van der Waals surface area contributed by atoms with Crippen molar-refractivity contribution in [3.63, 3.8) is 0 Å². The van der Waals surface area contributed by atoms with Crippen molar-refractivity contribution >= 4 is 21.9 Å². The Morgan fingerprint density at radius 3 is 2.33 bits per heavy atom. The van der Waals surface area contributed by atoms with E-state index in [0.29, 0.717) is 22.3 Å². The van der Waals surface area contributed by atoms with Crippen LogP contribution in [0.4, 0.5) is 4.39 Å². The fraction of sp³-hybridized carbons (Fsp3) is 0.231. The maximum absolute atomic E-state index is 15.5. The van der Waals surface area contributed by atoms with Gasteiger partial charge in [-0.3, -0.25) is 0 Å². The van der Waals surface area contributed by atoms with Crippen LogP contribution < -0.4 is 4.57 Å². The topological polar surface area (TPSA) is 40.8 Å². The first kappa shape index (κ1) is 27.1. The molecule has 3 nitrogen and oxygen atoms in total. The maximum atomic E-state index is 15.5. The molecule has 0 aliphatic heterocycles. The smallest absolute Gasteiger partial charge is 0.219 e. The highest BCUT2D eigenvalue weighted by atomic mass is 19.1. The van der Waals surface area contributed by atoms with Crippen LogP contribution in [-0.2, 0) is 17.9 Å². The molecule has 0 unspecified atom stereocenters. The summed E-state index contributed by atoms with van der Waals surface area (Å²) in [6, 6.07) is 27.2. The Morgan fingerprint density at radius 1 is 0.860 bits per heavy atom. The van der Waals surface area contributed by atoms with Crippen molar-refractivity contribution in [3.8, 4) is 39.6 Å². The SMILES string of the molecule is Cc1ccc2c(oc3c(-c4ccc5c(c4)C(C)(C)c4ccccc4-5)ccc(C#N)c32)c1-c1cc(F)c(C(C)(C)C)c[n+]1C. The lowest BCUT2D eigenvalue weighted by atomic mass is 9.81. The van der Waals surface area contributed by atoms with E-state index in [1.807, 2.05) is 69.8 Å². The van der Waals surface area contributed by atoms with Crippen molar-refractivity contribution in [1.29, 1.82) is 5.26 Å². The molecule has 6 aromatic rings. The molecule has 1 aliphatic carbocycles. The third kappa shape index (κ3) is 3.88. The van der Waals surface area contributed by atoms with Crippen molar-refractivity contribution in [2.75, 3.05) is 0 Å². The van der Waals surface area contributed by atoms with Crippen molar-refractivity contribution in [3.05, 3.63) is 113 Å². The summed E-state index contributed by atoms with van der Waals surface area (Å²) < 4.78 is 24.3. The number of halogens is 1. The third-order valence-corrected chi connectivity index (χ3v) is 9.30. The van der Waals surface area contributed by atoms with Gasteiger partial charge in [-0.2, -0.15) is 5.26 Å². The zero-order valence-electron chi connectivity index (χ0n) is 25.7. The van der Waals surface area contributed by atoms with Gasteiger partial charge in [-0.1, -0.05) is 83.1 Å². The van der Waals surface area contributed by atoms with Gasteiger partial charge in [0.2, 0.25) is 5.69 Å². The van der Waals surface area contributed by atoms with Crippen LogP contribution in [0.2, 0.25) is 0 Å². The number of aryl methyl sites for hydroxylation is 2. The van der Waals surface area contributed by atoms with Crippen LogP contribution in [0, 0.1) is 24.1 Å². The van der Waals surface area contributed by atoms with E-state index >= 15 is 4.39 Å². The summed E-state index contributed by atoms with van der Waals surface area (Å²) in [5.74, 6) is -0.242. The van der Waals surface area contributed by atoms with E-state index in [4.69, 9.17) is 4.42 Å². The Morgan fingerprint density at radius 2 is 1.58 bits per heavy atom. The Hall–Kier alpha value is -4.75. The van der Waals surface area contributed by atoms with Gasteiger partial charge in [0, 0.05) is 27.8 Å². The first-order valence-corrected chi connectivity index (χ1v) is 14.8. The van der Waals surface area contributed by atoms with Crippen LogP contribution in [0.3, 0.4) is 0 Å². The van der Waals surface area contributed by atoms with Gasteiger partial charge in [-0.25, -0.2) is 8.96 Å². The number of fused-ring (bicyclic) bond motifs is 6. The normalized spacial score (nSPS) is 13.7. The Labute approximate surface area is 251 Å². The van der Waals surface area contributed by atoms with Crippen LogP contribution >= 0.6 is 0 Å². The molecule has 4 aromatic carbocycles. The average Bonchev–Trinajstić information content (AvgIpc) is 3.46. The molecular formula is C39H34FN2O+. The van der Waals surface area contributed by atoms with Crippen molar-refractivity contribution in [2.45, 2.75) is 52.4 Å². The summed E-state index contributed by atoms with van der Waals surface area (Å²) >= 11 is 0. The standard InChI is InChI=1S/C39H34FN2O/c1-22-12-15-28-35-24(20-41)14-16-25(23-13-17-27-26-10-8-9-11-29(26)39(5,6)30(27)18-23)36(35)43-37(28)34(22)33-19-32(40)31(21-42(33)7)38(2,3)4/h8-19,21H,1-7H3/q+1. The van der Waals surface area contributed by atoms with Gasteiger partial charge < -0.3 is 4.42 Å². The fourth-order valence-corrected chi connectivity index (χ4v) is 6.98. The van der Waals surface area contributed by atoms with Gasteiger partial charge in [0.1, 0.15) is 24.0 Å². The van der Waals surface area contributed by atoms with E-state index in [1.54, 1.807) is 6.07 Å². The van der Waals surface area contributed by atoms with E-state index in [9.17, 15) is 5.26 Å². The highest BCUT2D eigenvalue weighted by Gasteiger charge is 2.35. The number of pyridine rings is 1. The maximum Gasteiger partial charge on any atom is 0.219 e. The van der Waals surface area contributed by atoms with E-state index in [1.165, 1.54) is 22.3 Å². The summed E-state index contributed by atoms with van der Waals surface area (Å²) in [7, 11) is 1.95. The molecule has 0 spiro atoms.